The van der Waals surface area contributed by atoms with Gasteiger partial charge < -0.3 is 5.32 Å². The summed E-state index contributed by atoms with van der Waals surface area (Å²) in [7, 11) is 0. The van der Waals surface area contributed by atoms with Gasteiger partial charge >= 0.3 is 0 Å². The molecule has 5 heteroatoms. The van der Waals surface area contributed by atoms with Crippen molar-refractivity contribution in [2.45, 2.75) is 26.8 Å². The lowest BCUT2D eigenvalue weighted by atomic mass is 10.1. The molecule has 0 atom stereocenters. The smallest absolute Gasteiger partial charge is 0.205 e. The third kappa shape index (κ3) is 3.78. The number of anilines is 1. The topological polar surface area (TPSA) is 50.7 Å². The Kier molecular flexibility index (Phi) is 4.03. The lowest BCUT2D eigenvalue weighted by Gasteiger charge is -2.01. The second kappa shape index (κ2) is 5.72. The van der Waals surface area contributed by atoms with Crippen LogP contribution in [0.15, 0.2) is 24.5 Å². The molecule has 90 valence electrons. The molecule has 0 aliphatic heterocycles. The van der Waals surface area contributed by atoms with Crippen molar-refractivity contribution >= 4 is 16.5 Å². The summed E-state index contributed by atoms with van der Waals surface area (Å²) < 4.78 is 0. The molecule has 0 aromatic carbocycles. The molecule has 2 rings (SSSR count). The molecular weight excluding hydrogens is 232 g/mol. The third-order valence-corrected chi connectivity index (χ3v) is 3.15. The van der Waals surface area contributed by atoms with Gasteiger partial charge in [-0.25, -0.2) is 0 Å². The second-order valence-corrected chi connectivity index (χ2v) is 5.37. The highest BCUT2D eigenvalue weighted by Crippen LogP contribution is 2.18. The molecule has 0 spiro atoms. The van der Waals surface area contributed by atoms with Crippen LogP contribution < -0.4 is 5.32 Å². The van der Waals surface area contributed by atoms with Gasteiger partial charge in [-0.2, -0.15) is 0 Å². The maximum absolute atomic E-state index is 4.16. The van der Waals surface area contributed by atoms with Crippen LogP contribution in [0.1, 0.15) is 24.4 Å². The minimum Gasteiger partial charge on any atom is -0.356 e. The van der Waals surface area contributed by atoms with Crippen LogP contribution in [0.2, 0.25) is 0 Å². The van der Waals surface area contributed by atoms with E-state index < -0.39 is 0 Å². The van der Waals surface area contributed by atoms with Gasteiger partial charge in [0.25, 0.3) is 0 Å². The van der Waals surface area contributed by atoms with Gasteiger partial charge in [0.15, 0.2) is 0 Å². The third-order valence-electron chi connectivity index (χ3n) is 2.24. The van der Waals surface area contributed by atoms with Crippen molar-refractivity contribution < 1.29 is 0 Å². The number of hydrogen-bond donors (Lipinski definition) is 1. The van der Waals surface area contributed by atoms with E-state index in [4.69, 9.17) is 0 Å². The zero-order valence-electron chi connectivity index (χ0n) is 10.1. The fourth-order valence-electron chi connectivity index (χ4n) is 1.44. The minimum absolute atomic E-state index is 0.621. The van der Waals surface area contributed by atoms with Crippen LogP contribution in [0, 0.1) is 5.92 Å². The maximum Gasteiger partial charge on any atom is 0.205 e. The van der Waals surface area contributed by atoms with Crippen LogP contribution in [-0.4, -0.2) is 15.2 Å². The largest absolute Gasteiger partial charge is 0.356 e. The molecular formula is C12H16N4S. The van der Waals surface area contributed by atoms with Crippen LogP contribution in [-0.2, 0) is 13.0 Å². The van der Waals surface area contributed by atoms with Gasteiger partial charge in [-0.05, 0) is 23.6 Å². The van der Waals surface area contributed by atoms with E-state index >= 15 is 0 Å². The van der Waals surface area contributed by atoms with Crippen molar-refractivity contribution in [1.82, 2.24) is 15.2 Å². The average molecular weight is 248 g/mol. The summed E-state index contributed by atoms with van der Waals surface area (Å²) in [6.45, 7) is 5.13. The van der Waals surface area contributed by atoms with Crippen LogP contribution in [0.4, 0.5) is 5.13 Å². The SMILES string of the molecule is CC(C)Cc1nnc(NCc2ccncc2)s1. The normalized spacial score (nSPS) is 10.8. The Morgan fingerprint density at radius 3 is 2.71 bits per heavy atom. The van der Waals surface area contributed by atoms with Crippen molar-refractivity contribution in [1.29, 1.82) is 0 Å². The summed E-state index contributed by atoms with van der Waals surface area (Å²) >= 11 is 1.63. The molecule has 2 aromatic heterocycles. The van der Waals surface area contributed by atoms with Crippen molar-refractivity contribution in [3.63, 3.8) is 0 Å². The van der Waals surface area contributed by atoms with E-state index in [-0.39, 0.29) is 0 Å². The fourth-order valence-corrected chi connectivity index (χ4v) is 2.38. The van der Waals surface area contributed by atoms with Crippen molar-refractivity contribution in [2.75, 3.05) is 5.32 Å². The van der Waals surface area contributed by atoms with E-state index in [1.54, 1.807) is 23.7 Å². The van der Waals surface area contributed by atoms with Gasteiger partial charge in [0.1, 0.15) is 5.01 Å². The zero-order chi connectivity index (χ0) is 12.1. The molecule has 0 unspecified atom stereocenters. The second-order valence-electron chi connectivity index (χ2n) is 4.31. The standard InChI is InChI=1S/C12H16N4S/c1-9(2)7-11-15-16-12(17-11)14-8-10-3-5-13-6-4-10/h3-6,9H,7-8H2,1-2H3,(H,14,16). The predicted octanol–water partition coefficient (Wildman–Crippen LogP) is 2.74. The van der Waals surface area contributed by atoms with Crippen molar-refractivity contribution in [3.05, 3.63) is 35.1 Å². The lowest BCUT2D eigenvalue weighted by Crippen LogP contribution is -1.98. The Hall–Kier alpha value is -1.49. The predicted molar refractivity (Wildman–Crippen MR) is 70.0 cm³/mol. The molecule has 4 nitrogen and oxygen atoms in total. The van der Waals surface area contributed by atoms with Gasteiger partial charge in [0, 0.05) is 25.4 Å². The molecule has 1 N–H and O–H groups in total. The fraction of sp³-hybridized carbons (Fsp3) is 0.417. The first kappa shape index (κ1) is 12.0. The van der Waals surface area contributed by atoms with Crippen LogP contribution >= 0.6 is 11.3 Å². The number of rotatable bonds is 5. The highest BCUT2D eigenvalue weighted by molar-refractivity contribution is 7.15. The van der Waals surface area contributed by atoms with E-state index in [2.05, 4.69) is 34.3 Å². The average Bonchev–Trinajstić information content (AvgIpc) is 2.75. The molecule has 0 radical (unpaired) electrons. The molecule has 0 amide bonds. The summed E-state index contributed by atoms with van der Waals surface area (Å²) in [6.07, 6.45) is 4.58. The van der Waals surface area contributed by atoms with Gasteiger partial charge in [0.2, 0.25) is 5.13 Å². The first-order valence-corrected chi connectivity index (χ1v) is 6.51. The van der Waals surface area contributed by atoms with Gasteiger partial charge in [-0.15, -0.1) is 10.2 Å². The molecule has 0 saturated carbocycles. The van der Waals surface area contributed by atoms with Gasteiger partial charge in [-0.3, -0.25) is 4.98 Å². The Labute approximate surface area is 105 Å². The highest BCUT2D eigenvalue weighted by atomic mass is 32.1. The Balaban J connectivity index is 1.89. The quantitative estimate of drug-likeness (QED) is 0.884. The molecule has 17 heavy (non-hydrogen) atoms. The Morgan fingerprint density at radius 1 is 1.24 bits per heavy atom. The van der Waals surface area contributed by atoms with Crippen LogP contribution in [0.25, 0.3) is 0 Å². The molecule has 0 saturated heterocycles. The van der Waals surface area contributed by atoms with E-state index in [1.807, 2.05) is 12.1 Å². The lowest BCUT2D eigenvalue weighted by molar-refractivity contribution is 0.640. The molecule has 0 aliphatic carbocycles. The summed E-state index contributed by atoms with van der Waals surface area (Å²) in [4.78, 5) is 3.98. The van der Waals surface area contributed by atoms with Gasteiger partial charge in [-0.1, -0.05) is 25.2 Å². The zero-order valence-corrected chi connectivity index (χ0v) is 10.9. The summed E-state index contributed by atoms with van der Waals surface area (Å²) in [6, 6.07) is 3.98. The van der Waals surface area contributed by atoms with Crippen LogP contribution in [0.3, 0.4) is 0 Å². The van der Waals surface area contributed by atoms with E-state index in [0.717, 1.165) is 23.1 Å². The Morgan fingerprint density at radius 2 is 2.00 bits per heavy atom. The minimum atomic E-state index is 0.621. The number of pyridine rings is 1. The first-order valence-electron chi connectivity index (χ1n) is 5.69. The molecule has 0 aliphatic rings. The molecule has 2 heterocycles. The molecule has 2 aromatic rings. The van der Waals surface area contributed by atoms with Crippen molar-refractivity contribution in [2.24, 2.45) is 5.92 Å². The maximum atomic E-state index is 4.16. The van der Waals surface area contributed by atoms with E-state index in [9.17, 15) is 0 Å². The van der Waals surface area contributed by atoms with E-state index in [0.29, 0.717) is 5.92 Å². The van der Waals surface area contributed by atoms with Crippen LogP contribution in [0.5, 0.6) is 0 Å². The monoisotopic (exact) mass is 248 g/mol. The summed E-state index contributed by atoms with van der Waals surface area (Å²) in [5.41, 5.74) is 1.20. The molecule has 0 fully saturated rings. The first-order chi connectivity index (χ1) is 8.24. The Bertz CT molecular complexity index is 453. The summed E-state index contributed by atoms with van der Waals surface area (Å²) in [5, 5.41) is 13.5. The highest BCUT2D eigenvalue weighted by Gasteiger charge is 2.05. The molecule has 0 bridgehead atoms. The number of hydrogen-bond acceptors (Lipinski definition) is 5. The van der Waals surface area contributed by atoms with Gasteiger partial charge in [0.05, 0.1) is 0 Å². The number of nitrogens with one attached hydrogen (secondary N) is 1. The van der Waals surface area contributed by atoms with Crippen molar-refractivity contribution in [3.8, 4) is 0 Å². The number of aromatic nitrogens is 3. The number of nitrogens with zero attached hydrogens (tertiary/aromatic N) is 3. The summed E-state index contributed by atoms with van der Waals surface area (Å²) in [5.74, 6) is 0.621. The van der Waals surface area contributed by atoms with E-state index in [1.165, 1.54) is 5.56 Å².